The second-order valence-electron chi connectivity index (χ2n) is 2.66. The number of nitrogens with zero attached hydrogens (tertiary/aromatic N) is 3. The normalized spacial score (nSPS) is 11.9. The molecule has 1 aromatic heterocycles. The topological polar surface area (TPSA) is 110 Å². The van der Waals surface area contributed by atoms with Gasteiger partial charge in [0.15, 0.2) is 0 Å². The van der Waals surface area contributed by atoms with Gasteiger partial charge in [0.25, 0.3) is 0 Å². The molecule has 15 heavy (non-hydrogen) atoms. The van der Waals surface area contributed by atoms with Crippen molar-refractivity contribution in [1.82, 2.24) is 15.1 Å². The van der Waals surface area contributed by atoms with Crippen molar-refractivity contribution < 1.29 is 19.0 Å². The Bertz CT molecular complexity index is 521. The second-order valence-corrected chi connectivity index (χ2v) is 3.83. The quantitative estimate of drug-likeness (QED) is 0.502. The Morgan fingerprint density at radius 3 is 2.87 bits per heavy atom. The minimum Gasteiger partial charge on any atom is -0.301 e. The molecule has 0 spiro atoms. The summed E-state index contributed by atoms with van der Waals surface area (Å²) in [5, 5.41) is 7.32. The van der Waals surface area contributed by atoms with Crippen LogP contribution in [0.4, 0.5) is 0 Å². The molecule has 0 saturated carbocycles. The average Bonchev–Trinajstić information content (AvgIpc) is 2.57. The molecule has 0 fully saturated rings. The van der Waals surface area contributed by atoms with Crippen molar-refractivity contribution in [2.45, 2.75) is 0 Å². The van der Waals surface area contributed by atoms with Gasteiger partial charge in [-0.3, -0.25) is 0 Å². The van der Waals surface area contributed by atoms with Crippen molar-refractivity contribution in [1.29, 1.82) is 0 Å². The molecule has 1 aromatic carbocycles. The van der Waals surface area contributed by atoms with Crippen molar-refractivity contribution in [3.63, 3.8) is 0 Å². The second kappa shape index (κ2) is 3.59. The third-order valence-corrected chi connectivity index (χ3v) is 1.92. The van der Waals surface area contributed by atoms with E-state index in [2.05, 4.69) is 14.9 Å². The van der Waals surface area contributed by atoms with E-state index in [1.54, 1.807) is 24.3 Å². The van der Waals surface area contributed by atoms with E-state index in [-0.39, 0.29) is 0 Å². The maximum Gasteiger partial charge on any atom is 0.492 e. The number of nitrogens with one attached hydrogen (secondary N) is 1. The summed E-state index contributed by atoms with van der Waals surface area (Å²) in [6.45, 7) is 0. The Labute approximate surface area is 83.6 Å². The lowest BCUT2D eigenvalue weighted by Crippen LogP contribution is -2.15. The Kier molecular flexibility index (Phi) is 2.41. The highest BCUT2D eigenvalue weighted by Crippen LogP contribution is 2.34. The fourth-order valence-electron chi connectivity index (χ4n) is 1.03. The summed E-state index contributed by atoms with van der Waals surface area (Å²) in [5.74, 6) is 0. The first-order valence-corrected chi connectivity index (χ1v) is 5.40. The summed E-state index contributed by atoms with van der Waals surface area (Å²) in [4.78, 5) is 17.9. The Hall–Kier alpha value is -1.47. The van der Waals surface area contributed by atoms with E-state index in [0.29, 0.717) is 11.0 Å². The van der Waals surface area contributed by atoms with Gasteiger partial charge in [-0.2, -0.15) is 10.2 Å². The average molecular weight is 230 g/mol. The first-order valence-electron chi connectivity index (χ1n) is 3.87. The summed E-state index contributed by atoms with van der Waals surface area (Å²) in [5.41, 5.74) is 3.12. The SMILES string of the molecule is O=P(O)(O)ONn1nnc2ccccc21. The number of benzene rings is 1. The predicted octanol–water partition coefficient (Wildman–Crippen LogP) is -0.000900. The van der Waals surface area contributed by atoms with Gasteiger partial charge in [-0.15, -0.1) is 9.89 Å². The van der Waals surface area contributed by atoms with Gasteiger partial charge < -0.3 is 9.79 Å². The molecule has 0 atom stereocenters. The van der Waals surface area contributed by atoms with Crippen LogP contribution >= 0.6 is 7.82 Å². The summed E-state index contributed by atoms with van der Waals surface area (Å²) in [7, 11) is -4.58. The summed E-state index contributed by atoms with van der Waals surface area (Å²) >= 11 is 0. The molecular weight excluding hydrogens is 223 g/mol. The Morgan fingerprint density at radius 1 is 1.40 bits per heavy atom. The molecular formula is C6H7N4O4P. The predicted molar refractivity (Wildman–Crippen MR) is 50.0 cm³/mol. The van der Waals surface area contributed by atoms with Crippen LogP contribution in [0.5, 0.6) is 0 Å². The fourth-order valence-corrected chi connectivity index (χ4v) is 1.21. The lowest BCUT2D eigenvalue weighted by atomic mass is 10.3. The lowest BCUT2D eigenvalue weighted by Gasteiger charge is -2.06. The molecule has 0 aliphatic heterocycles. The monoisotopic (exact) mass is 230 g/mol. The van der Waals surface area contributed by atoms with E-state index in [0.717, 1.165) is 4.79 Å². The largest absolute Gasteiger partial charge is 0.492 e. The number of aromatic nitrogens is 3. The van der Waals surface area contributed by atoms with Crippen LogP contribution in [0.3, 0.4) is 0 Å². The minimum absolute atomic E-state index is 0.547. The van der Waals surface area contributed by atoms with Crippen molar-refractivity contribution in [2.75, 3.05) is 5.59 Å². The zero-order valence-electron chi connectivity index (χ0n) is 7.31. The number of hydrogen-bond acceptors (Lipinski definition) is 5. The van der Waals surface area contributed by atoms with Crippen molar-refractivity contribution >= 4 is 18.9 Å². The lowest BCUT2D eigenvalue weighted by molar-refractivity contribution is 0.205. The molecule has 3 N–H and O–H groups in total. The molecule has 8 nitrogen and oxygen atoms in total. The van der Waals surface area contributed by atoms with Crippen molar-refractivity contribution in [3.05, 3.63) is 24.3 Å². The van der Waals surface area contributed by atoms with Gasteiger partial charge in [-0.05, 0) is 17.3 Å². The van der Waals surface area contributed by atoms with Crippen LogP contribution in [0.2, 0.25) is 0 Å². The van der Waals surface area contributed by atoms with E-state index in [1.165, 1.54) is 0 Å². The maximum absolute atomic E-state index is 10.4. The third-order valence-electron chi connectivity index (χ3n) is 1.60. The van der Waals surface area contributed by atoms with Gasteiger partial charge in [0.05, 0.1) is 0 Å². The molecule has 0 radical (unpaired) electrons. The summed E-state index contributed by atoms with van der Waals surface area (Å²) in [6, 6.07) is 6.88. The van der Waals surface area contributed by atoms with Crippen LogP contribution in [0.1, 0.15) is 0 Å². The van der Waals surface area contributed by atoms with Gasteiger partial charge in [0, 0.05) is 0 Å². The molecule has 2 aromatic rings. The minimum atomic E-state index is -4.58. The van der Waals surface area contributed by atoms with Crippen molar-refractivity contribution in [3.8, 4) is 0 Å². The van der Waals surface area contributed by atoms with E-state index in [1.807, 2.05) is 5.59 Å². The van der Waals surface area contributed by atoms with Crippen LogP contribution in [-0.2, 0) is 9.19 Å². The first kappa shape index (κ1) is 10.1. The van der Waals surface area contributed by atoms with E-state index < -0.39 is 7.82 Å². The summed E-state index contributed by atoms with van der Waals surface area (Å²) in [6.07, 6.45) is 0. The number of rotatable bonds is 3. The van der Waals surface area contributed by atoms with Gasteiger partial charge in [-0.25, -0.2) is 4.57 Å². The molecule has 9 heteroatoms. The molecule has 0 saturated heterocycles. The molecule has 80 valence electrons. The van der Waals surface area contributed by atoms with E-state index >= 15 is 0 Å². The molecule has 1 heterocycles. The molecule has 0 unspecified atom stereocenters. The highest BCUT2D eigenvalue weighted by Gasteiger charge is 2.15. The van der Waals surface area contributed by atoms with Crippen LogP contribution in [0, 0.1) is 0 Å². The standard InChI is InChI=1S/C6H7N4O4P/c11-15(12,13)14-9-10-6-4-2-1-3-5(6)7-8-10/h1-4,9H,(H2,11,12,13). The zero-order valence-corrected chi connectivity index (χ0v) is 8.20. The van der Waals surface area contributed by atoms with Crippen LogP contribution < -0.4 is 5.59 Å². The number of phosphoric acid groups is 1. The van der Waals surface area contributed by atoms with Crippen LogP contribution in [-0.4, -0.2) is 24.9 Å². The zero-order chi connectivity index (χ0) is 10.9. The molecule has 0 amide bonds. The number of fused-ring (bicyclic) bond motifs is 1. The molecule has 0 aliphatic carbocycles. The number of para-hydroxylation sites is 1. The van der Waals surface area contributed by atoms with Gasteiger partial charge in [0.1, 0.15) is 11.0 Å². The maximum atomic E-state index is 10.4. The molecule has 0 bridgehead atoms. The van der Waals surface area contributed by atoms with E-state index in [9.17, 15) is 4.57 Å². The third kappa shape index (κ3) is 2.31. The highest BCUT2D eigenvalue weighted by atomic mass is 31.2. The highest BCUT2D eigenvalue weighted by molar-refractivity contribution is 7.46. The van der Waals surface area contributed by atoms with E-state index in [4.69, 9.17) is 9.79 Å². The van der Waals surface area contributed by atoms with Crippen molar-refractivity contribution in [2.24, 2.45) is 0 Å². The smallest absolute Gasteiger partial charge is 0.301 e. The number of hydrogen-bond donors (Lipinski definition) is 3. The molecule has 0 aliphatic rings. The van der Waals surface area contributed by atoms with Gasteiger partial charge in [0.2, 0.25) is 0 Å². The molecule has 2 rings (SSSR count). The van der Waals surface area contributed by atoms with Gasteiger partial charge in [-0.1, -0.05) is 12.1 Å². The Morgan fingerprint density at radius 2 is 2.13 bits per heavy atom. The summed E-state index contributed by atoms with van der Waals surface area (Å²) < 4.78 is 14.5. The first-order chi connectivity index (χ1) is 7.06. The van der Waals surface area contributed by atoms with Gasteiger partial charge >= 0.3 is 7.82 Å². The van der Waals surface area contributed by atoms with Crippen LogP contribution in [0.15, 0.2) is 24.3 Å². The fraction of sp³-hybridized carbons (Fsp3) is 0. The Balaban J connectivity index is 2.25. The van der Waals surface area contributed by atoms with Crippen LogP contribution in [0.25, 0.3) is 11.0 Å².